The summed E-state index contributed by atoms with van der Waals surface area (Å²) in [5, 5.41) is 4.76. The number of hydrogen-bond donors (Lipinski definition) is 1. The number of nitrogens with one attached hydrogen (secondary N) is 2. The lowest BCUT2D eigenvalue weighted by molar-refractivity contribution is -0.377. The Kier molecular flexibility index (Phi) is 4.75. The van der Waals surface area contributed by atoms with Crippen LogP contribution in [-0.4, -0.2) is 36.2 Å². The fraction of sp³-hybridized carbons (Fsp3) is 0.250. The molecule has 0 radical (unpaired) electrons. The predicted octanol–water partition coefficient (Wildman–Crippen LogP) is 2.67. The second kappa shape index (κ2) is 6.94. The molecule has 2 aromatic rings. The Hall–Kier alpha value is -1.85. The molecule has 0 aliphatic carbocycles. The molecule has 0 unspecified atom stereocenters. The standard InChI is InChI=1S/C16H17ClN4S/c17-13-1-3-14(4-2-13)19-16(22)21-11-9-20(10-12-21)15-5-7-18-8-6-15/h1-8H,9-12H2,(H,19,22)/p+1. The van der Waals surface area contributed by atoms with Gasteiger partial charge >= 0.3 is 0 Å². The summed E-state index contributed by atoms with van der Waals surface area (Å²) < 4.78 is 0. The highest BCUT2D eigenvalue weighted by atomic mass is 35.5. The maximum atomic E-state index is 5.89. The number of thiocarbonyl (C=S) groups is 1. The number of piperazine rings is 1. The molecule has 3 rings (SSSR count). The Bertz CT molecular complexity index is 624. The molecule has 1 fully saturated rings. The lowest BCUT2D eigenvalue weighted by atomic mass is 10.2. The minimum absolute atomic E-state index is 0.727. The van der Waals surface area contributed by atoms with Crippen molar-refractivity contribution in [2.45, 2.75) is 0 Å². The van der Waals surface area contributed by atoms with Crippen molar-refractivity contribution in [2.75, 3.05) is 36.4 Å². The van der Waals surface area contributed by atoms with Crippen molar-refractivity contribution in [1.82, 2.24) is 4.90 Å². The number of aromatic nitrogens is 1. The smallest absolute Gasteiger partial charge is 0.173 e. The van der Waals surface area contributed by atoms with Gasteiger partial charge in [0.25, 0.3) is 0 Å². The largest absolute Gasteiger partial charge is 0.368 e. The maximum absolute atomic E-state index is 5.89. The molecule has 0 spiro atoms. The number of anilines is 2. The molecular formula is C16H18ClN4S+. The van der Waals surface area contributed by atoms with E-state index in [2.05, 4.69) is 32.2 Å². The summed E-state index contributed by atoms with van der Waals surface area (Å²) in [4.78, 5) is 7.63. The summed E-state index contributed by atoms with van der Waals surface area (Å²) in [7, 11) is 0. The molecule has 0 bridgehead atoms. The molecule has 2 N–H and O–H groups in total. The average molecular weight is 334 g/mol. The zero-order chi connectivity index (χ0) is 15.4. The summed E-state index contributed by atoms with van der Waals surface area (Å²) in [6.07, 6.45) is 3.91. The Morgan fingerprint density at radius 3 is 2.27 bits per heavy atom. The lowest BCUT2D eigenvalue weighted by Crippen LogP contribution is -2.50. The summed E-state index contributed by atoms with van der Waals surface area (Å²) >= 11 is 11.4. The fourth-order valence-corrected chi connectivity index (χ4v) is 2.92. The Labute approximate surface area is 140 Å². The van der Waals surface area contributed by atoms with E-state index in [1.54, 1.807) is 0 Å². The van der Waals surface area contributed by atoms with Crippen LogP contribution in [0.5, 0.6) is 0 Å². The summed E-state index contributed by atoms with van der Waals surface area (Å²) in [6.45, 7) is 3.76. The highest BCUT2D eigenvalue weighted by Gasteiger charge is 2.19. The first-order chi connectivity index (χ1) is 10.7. The SMILES string of the molecule is S=C(Nc1ccc(Cl)cc1)N1CCN(c2cc[nH+]cc2)CC1. The molecular weight excluding hydrogens is 316 g/mol. The second-order valence-corrected chi connectivity index (χ2v) is 5.99. The van der Waals surface area contributed by atoms with Crippen molar-refractivity contribution in [3.63, 3.8) is 0 Å². The van der Waals surface area contributed by atoms with E-state index in [9.17, 15) is 0 Å². The minimum Gasteiger partial charge on any atom is -0.368 e. The van der Waals surface area contributed by atoms with Crippen molar-refractivity contribution in [1.29, 1.82) is 0 Å². The van der Waals surface area contributed by atoms with Gasteiger partial charge in [-0.15, -0.1) is 0 Å². The molecule has 0 atom stereocenters. The van der Waals surface area contributed by atoms with Crippen molar-refractivity contribution in [2.24, 2.45) is 0 Å². The molecule has 1 aromatic carbocycles. The molecule has 1 aliphatic heterocycles. The molecule has 2 heterocycles. The van der Waals surface area contributed by atoms with Crippen molar-refractivity contribution >= 4 is 40.3 Å². The third-order valence-corrected chi connectivity index (χ3v) is 4.34. The monoisotopic (exact) mass is 333 g/mol. The quantitative estimate of drug-likeness (QED) is 0.857. The minimum atomic E-state index is 0.727. The topological polar surface area (TPSA) is 32.6 Å². The van der Waals surface area contributed by atoms with E-state index in [1.807, 2.05) is 36.7 Å². The van der Waals surface area contributed by atoms with Gasteiger partial charge in [0.15, 0.2) is 17.5 Å². The van der Waals surface area contributed by atoms with Gasteiger partial charge in [-0.05, 0) is 36.5 Å². The van der Waals surface area contributed by atoms with Gasteiger partial charge in [0.1, 0.15) is 0 Å². The van der Waals surface area contributed by atoms with Gasteiger partial charge in [-0.1, -0.05) is 11.6 Å². The number of rotatable bonds is 2. The van der Waals surface area contributed by atoms with Gasteiger partial charge in [-0.3, -0.25) is 0 Å². The van der Waals surface area contributed by atoms with Crippen LogP contribution in [0.4, 0.5) is 11.4 Å². The third kappa shape index (κ3) is 3.67. The van der Waals surface area contributed by atoms with E-state index in [-0.39, 0.29) is 0 Å². The van der Waals surface area contributed by atoms with E-state index in [0.717, 1.165) is 42.0 Å². The number of benzene rings is 1. The number of halogens is 1. The molecule has 6 heteroatoms. The number of aromatic amines is 1. The molecule has 1 aromatic heterocycles. The molecule has 22 heavy (non-hydrogen) atoms. The summed E-state index contributed by atoms with van der Waals surface area (Å²) in [5.41, 5.74) is 2.21. The summed E-state index contributed by atoms with van der Waals surface area (Å²) in [5.74, 6) is 0. The highest BCUT2D eigenvalue weighted by molar-refractivity contribution is 7.80. The van der Waals surface area contributed by atoms with E-state index in [1.165, 1.54) is 5.69 Å². The van der Waals surface area contributed by atoms with Crippen LogP contribution in [0, 0.1) is 0 Å². The van der Waals surface area contributed by atoms with Crippen LogP contribution in [0.15, 0.2) is 48.8 Å². The first-order valence-corrected chi connectivity index (χ1v) is 8.03. The predicted molar refractivity (Wildman–Crippen MR) is 94.5 cm³/mol. The van der Waals surface area contributed by atoms with Gasteiger partial charge in [0, 0.05) is 54.7 Å². The van der Waals surface area contributed by atoms with Crippen LogP contribution in [0.3, 0.4) is 0 Å². The highest BCUT2D eigenvalue weighted by Crippen LogP contribution is 2.16. The molecule has 1 aliphatic rings. The van der Waals surface area contributed by atoms with Crippen LogP contribution in [0.2, 0.25) is 5.02 Å². The van der Waals surface area contributed by atoms with Crippen LogP contribution >= 0.6 is 23.8 Å². The third-order valence-electron chi connectivity index (χ3n) is 3.73. The fourth-order valence-electron chi connectivity index (χ4n) is 2.49. The van der Waals surface area contributed by atoms with E-state index >= 15 is 0 Å². The van der Waals surface area contributed by atoms with Gasteiger partial charge in [-0.25, -0.2) is 4.98 Å². The Balaban J connectivity index is 1.54. The normalized spacial score (nSPS) is 14.8. The van der Waals surface area contributed by atoms with Crippen LogP contribution < -0.4 is 15.2 Å². The van der Waals surface area contributed by atoms with E-state index in [4.69, 9.17) is 23.8 Å². The van der Waals surface area contributed by atoms with Gasteiger partial charge in [0.05, 0.1) is 0 Å². The summed E-state index contributed by atoms with van der Waals surface area (Å²) in [6, 6.07) is 11.8. The lowest BCUT2D eigenvalue weighted by Gasteiger charge is -2.37. The first-order valence-electron chi connectivity index (χ1n) is 7.25. The zero-order valence-electron chi connectivity index (χ0n) is 12.1. The molecule has 1 saturated heterocycles. The van der Waals surface area contributed by atoms with Crippen LogP contribution in [0.1, 0.15) is 0 Å². The second-order valence-electron chi connectivity index (χ2n) is 5.17. The van der Waals surface area contributed by atoms with E-state index < -0.39 is 0 Å². The van der Waals surface area contributed by atoms with Crippen molar-refractivity contribution in [3.05, 3.63) is 53.8 Å². The number of H-pyrrole nitrogens is 1. The van der Waals surface area contributed by atoms with E-state index in [0.29, 0.717) is 0 Å². The molecule has 114 valence electrons. The van der Waals surface area contributed by atoms with Crippen molar-refractivity contribution < 1.29 is 4.98 Å². The number of pyridine rings is 1. The van der Waals surface area contributed by atoms with Crippen LogP contribution in [-0.2, 0) is 0 Å². The van der Waals surface area contributed by atoms with Gasteiger partial charge in [0.2, 0.25) is 0 Å². The molecule has 0 amide bonds. The number of hydrogen-bond acceptors (Lipinski definition) is 2. The number of nitrogens with zero attached hydrogens (tertiary/aromatic N) is 2. The zero-order valence-corrected chi connectivity index (χ0v) is 13.7. The Morgan fingerprint density at radius 1 is 1.00 bits per heavy atom. The average Bonchev–Trinajstić information content (AvgIpc) is 2.58. The van der Waals surface area contributed by atoms with Gasteiger partial charge in [-0.2, -0.15) is 0 Å². The van der Waals surface area contributed by atoms with Crippen molar-refractivity contribution in [3.8, 4) is 0 Å². The Morgan fingerprint density at radius 2 is 1.64 bits per heavy atom. The maximum Gasteiger partial charge on any atom is 0.173 e. The van der Waals surface area contributed by atoms with Gasteiger partial charge < -0.3 is 15.1 Å². The molecule has 4 nitrogen and oxygen atoms in total. The first kappa shape index (κ1) is 15.1. The van der Waals surface area contributed by atoms with Crippen LogP contribution in [0.25, 0.3) is 0 Å². The molecule has 0 saturated carbocycles.